The van der Waals surface area contributed by atoms with Gasteiger partial charge < -0.3 is 10.6 Å². The number of nitrogens with two attached hydrogens (primary N) is 1. The Morgan fingerprint density at radius 3 is 2.81 bits per heavy atom. The first-order valence-electron chi connectivity index (χ1n) is 5.70. The van der Waals surface area contributed by atoms with Crippen LogP contribution >= 0.6 is 24.2 Å². The van der Waals surface area contributed by atoms with Crippen molar-refractivity contribution < 1.29 is 4.79 Å². The van der Waals surface area contributed by atoms with Gasteiger partial charge in [0, 0.05) is 30.8 Å². The quantitative estimate of drug-likeness (QED) is 0.843. The molecule has 0 aliphatic carbocycles. The smallest absolute Gasteiger partial charge is 0.226 e. The van der Waals surface area contributed by atoms with Crippen LogP contribution in [-0.4, -0.2) is 41.9 Å². The minimum atomic E-state index is 0. The van der Waals surface area contributed by atoms with E-state index in [-0.39, 0.29) is 24.4 Å². The van der Waals surface area contributed by atoms with E-state index in [0.717, 1.165) is 25.1 Å². The Bertz CT molecular complexity index is 216. The molecule has 1 saturated heterocycles. The summed E-state index contributed by atoms with van der Waals surface area (Å²) in [7, 11) is 0. The molecule has 0 saturated carbocycles. The Kier molecular flexibility index (Phi) is 8.24. The van der Waals surface area contributed by atoms with Gasteiger partial charge in [-0.25, -0.2) is 0 Å². The number of amides is 1. The van der Waals surface area contributed by atoms with Crippen LogP contribution in [0.1, 0.15) is 26.2 Å². The van der Waals surface area contributed by atoms with Crippen molar-refractivity contribution in [2.45, 2.75) is 32.2 Å². The molecule has 2 atom stereocenters. The second-order valence-electron chi connectivity index (χ2n) is 4.27. The van der Waals surface area contributed by atoms with E-state index in [4.69, 9.17) is 5.73 Å². The zero-order chi connectivity index (χ0) is 11.3. The second-order valence-corrected chi connectivity index (χ2v) is 5.18. The molecule has 1 rings (SSSR count). The molecule has 16 heavy (non-hydrogen) atoms. The van der Waals surface area contributed by atoms with E-state index in [9.17, 15) is 4.79 Å². The molecule has 1 fully saturated rings. The first kappa shape index (κ1) is 16.1. The molecule has 2 N–H and O–H groups in total. The van der Waals surface area contributed by atoms with Crippen molar-refractivity contribution in [3.63, 3.8) is 0 Å². The largest absolute Gasteiger partial charge is 0.338 e. The van der Waals surface area contributed by atoms with E-state index in [1.54, 1.807) is 11.8 Å². The van der Waals surface area contributed by atoms with Crippen LogP contribution in [0, 0.1) is 5.92 Å². The van der Waals surface area contributed by atoms with Gasteiger partial charge in [0.05, 0.1) is 0 Å². The van der Waals surface area contributed by atoms with Crippen molar-refractivity contribution in [2.24, 2.45) is 11.7 Å². The van der Waals surface area contributed by atoms with Gasteiger partial charge in [-0.15, -0.1) is 12.4 Å². The summed E-state index contributed by atoms with van der Waals surface area (Å²) >= 11 is 1.73. The third-order valence-corrected chi connectivity index (χ3v) is 3.85. The molecule has 0 spiro atoms. The Balaban J connectivity index is 0.00000225. The third kappa shape index (κ3) is 4.15. The molecular weight excluding hydrogens is 244 g/mol. The minimum Gasteiger partial charge on any atom is -0.338 e. The zero-order valence-corrected chi connectivity index (χ0v) is 11.8. The van der Waals surface area contributed by atoms with Crippen LogP contribution in [0.25, 0.3) is 0 Å². The number of rotatable bonds is 4. The predicted octanol–water partition coefficient (Wildman–Crippen LogP) is 1.75. The average Bonchev–Trinajstić information content (AvgIpc) is 2.28. The number of piperidine rings is 1. The van der Waals surface area contributed by atoms with Gasteiger partial charge in [0.2, 0.25) is 5.91 Å². The predicted molar refractivity (Wildman–Crippen MR) is 73.2 cm³/mol. The normalized spacial score (nSPS) is 22.4. The second kappa shape index (κ2) is 8.20. The topological polar surface area (TPSA) is 46.3 Å². The van der Waals surface area contributed by atoms with Gasteiger partial charge >= 0.3 is 0 Å². The molecule has 3 nitrogen and oxygen atoms in total. The van der Waals surface area contributed by atoms with Gasteiger partial charge in [-0.2, -0.15) is 11.8 Å². The summed E-state index contributed by atoms with van der Waals surface area (Å²) in [6.45, 7) is 3.53. The number of carbonyl (C=O) groups is 1. The van der Waals surface area contributed by atoms with E-state index in [1.807, 2.05) is 18.1 Å². The Labute approximate surface area is 109 Å². The molecule has 0 radical (unpaired) electrons. The summed E-state index contributed by atoms with van der Waals surface area (Å²) in [4.78, 5) is 14.1. The lowest BCUT2D eigenvalue weighted by atomic mass is 10.0. The Morgan fingerprint density at radius 1 is 1.56 bits per heavy atom. The third-order valence-electron chi connectivity index (χ3n) is 3.02. The van der Waals surface area contributed by atoms with Gasteiger partial charge in [0.1, 0.15) is 0 Å². The van der Waals surface area contributed by atoms with Crippen LogP contribution in [0.3, 0.4) is 0 Å². The summed E-state index contributed by atoms with van der Waals surface area (Å²) in [5.74, 6) is 1.33. The minimum absolute atomic E-state index is 0. The average molecular weight is 267 g/mol. The number of thioether (sulfide) groups is 1. The molecule has 1 aliphatic rings. The van der Waals surface area contributed by atoms with Crippen LogP contribution in [0.4, 0.5) is 0 Å². The maximum atomic E-state index is 12.1. The maximum absolute atomic E-state index is 12.1. The summed E-state index contributed by atoms with van der Waals surface area (Å²) in [5.41, 5.74) is 5.71. The molecule has 0 aromatic heterocycles. The van der Waals surface area contributed by atoms with Crippen LogP contribution in [0.5, 0.6) is 0 Å². The fourth-order valence-electron chi connectivity index (χ4n) is 2.14. The van der Waals surface area contributed by atoms with Gasteiger partial charge in [-0.05, 0) is 25.5 Å². The lowest BCUT2D eigenvalue weighted by Crippen LogP contribution is -2.49. The fourth-order valence-corrected chi connectivity index (χ4v) is 2.78. The number of nitrogens with zero attached hydrogens (tertiary/aromatic N) is 1. The number of halogens is 1. The van der Waals surface area contributed by atoms with Crippen LogP contribution in [0.2, 0.25) is 0 Å². The Hall–Kier alpha value is 0.0700. The molecule has 0 bridgehead atoms. The van der Waals surface area contributed by atoms with Crippen LogP contribution in [0.15, 0.2) is 0 Å². The number of carbonyl (C=O) groups excluding carboxylic acids is 1. The van der Waals surface area contributed by atoms with Crippen molar-refractivity contribution in [1.82, 2.24) is 4.90 Å². The van der Waals surface area contributed by atoms with Gasteiger partial charge in [0.15, 0.2) is 0 Å². The van der Waals surface area contributed by atoms with Crippen LogP contribution in [-0.2, 0) is 4.79 Å². The molecule has 1 amide bonds. The SMILES string of the molecule is CSCC(C)C(=O)N1CCCCC1CN.Cl. The van der Waals surface area contributed by atoms with E-state index in [1.165, 1.54) is 6.42 Å². The van der Waals surface area contributed by atoms with Crippen molar-refractivity contribution in [3.8, 4) is 0 Å². The van der Waals surface area contributed by atoms with Gasteiger partial charge in [-0.1, -0.05) is 6.92 Å². The van der Waals surface area contributed by atoms with E-state index in [0.29, 0.717) is 12.5 Å². The van der Waals surface area contributed by atoms with Crippen LogP contribution < -0.4 is 5.73 Å². The summed E-state index contributed by atoms with van der Waals surface area (Å²) < 4.78 is 0. The Morgan fingerprint density at radius 2 is 2.25 bits per heavy atom. The fraction of sp³-hybridized carbons (Fsp3) is 0.909. The van der Waals surface area contributed by atoms with E-state index in [2.05, 4.69) is 0 Å². The van der Waals surface area contributed by atoms with Gasteiger partial charge in [0.25, 0.3) is 0 Å². The van der Waals surface area contributed by atoms with Crippen molar-refractivity contribution in [2.75, 3.05) is 25.1 Å². The van der Waals surface area contributed by atoms with Crippen molar-refractivity contribution in [3.05, 3.63) is 0 Å². The molecule has 0 aromatic carbocycles. The highest BCUT2D eigenvalue weighted by Crippen LogP contribution is 2.19. The van der Waals surface area contributed by atoms with E-state index >= 15 is 0 Å². The number of hydrogen-bond donors (Lipinski definition) is 1. The van der Waals surface area contributed by atoms with Gasteiger partial charge in [-0.3, -0.25) is 4.79 Å². The molecule has 1 aliphatic heterocycles. The van der Waals surface area contributed by atoms with Crippen molar-refractivity contribution in [1.29, 1.82) is 0 Å². The monoisotopic (exact) mass is 266 g/mol. The van der Waals surface area contributed by atoms with Crippen molar-refractivity contribution >= 4 is 30.1 Å². The lowest BCUT2D eigenvalue weighted by molar-refractivity contribution is -0.137. The number of likely N-dealkylation sites (tertiary alicyclic amines) is 1. The summed E-state index contributed by atoms with van der Waals surface area (Å²) in [5, 5.41) is 0. The standard InChI is InChI=1S/C11H22N2OS.ClH/c1-9(8-15-2)11(14)13-6-4-3-5-10(13)7-12;/h9-10H,3-8,12H2,1-2H3;1H. The summed E-state index contributed by atoms with van der Waals surface area (Å²) in [6, 6.07) is 0.288. The first-order chi connectivity index (χ1) is 7.20. The molecule has 2 unspecified atom stereocenters. The lowest BCUT2D eigenvalue weighted by Gasteiger charge is -2.36. The highest BCUT2D eigenvalue weighted by Gasteiger charge is 2.28. The molecule has 0 aromatic rings. The molecule has 5 heteroatoms. The van der Waals surface area contributed by atoms with E-state index < -0.39 is 0 Å². The highest BCUT2D eigenvalue weighted by atomic mass is 35.5. The zero-order valence-electron chi connectivity index (χ0n) is 10.1. The number of hydrogen-bond acceptors (Lipinski definition) is 3. The highest BCUT2D eigenvalue weighted by molar-refractivity contribution is 7.98. The first-order valence-corrected chi connectivity index (χ1v) is 7.09. The molecule has 1 heterocycles. The molecular formula is C11H23ClN2OS. The summed E-state index contributed by atoms with van der Waals surface area (Å²) in [6.07, 6.45) is 5.46. The molecule has 96 valence electrons. The maximum Gasteiger partial charge on any atom is 0.226 e.